The number of nitrogens with zero attached hydrogens (tertiary/aromatic N) is 3. The molecule has 30 heavy (non-hydrogen) atoms. The Morgan fingerprint density at radius 3 is 2.60 bits per heavy atom. The van der Waals surface area contributed by atoms with E-state index in [0.717, 1.165) is 29.1 Å². The van der Waals surface area contributed by atoms with Crippen LogP contribution in [0.15, 0.2) is 48.5 Å². The molecule has 2 amide bonds. The third-order valence-corrected chi connectivity index (χ3v) is 5.68. The quantitative estimate of drug-likeness (QED) is 0.660. The molecule has 6 nitrogen and oxygen atoms in total. The fourth-order valence-electron chi connectivity index (χ4n) is 3.82. The lowest BCUT2D eigenvalue weighted by atomic mass is 10.1. The summed E-state index contributed by atoms with van der Waals surface area (Å²) in [5, 5.41) is 7.95. The average Bonchev–Trinajstić information content (AvgIpc) is 3.27. The SMILES string of the molecule is Cc1nn(-c2ccccc2)c(C)c1CC(=O)Nc1ccc(N2CCCC2=O)c(Cl)c1. The summed E-state index contributed by atoms with van der Waals surface area (Å²) in [7, 11) is 0. The van der Waals surface area contributed by atoms with Crippen LogP contribution in [-0.4, -0.2) is 28.1 Å². The van der Waals surface area contributed by atoms with Crippen LogP contribution in [-0.2, 0) is 16.0 Å². The zero-order chi connectivity index (χ0) is 21.3. The van der Waals surface area contributed by atoms with Gasteiger partial charge in [0.25, 0.3) is 0 Å². The van der Waals surface area contributed by atoms with Gasteiger partial charge in [-0.25, -0.2) is 4.68 Å². The van der Waals surface area contributed by atoms with Gasteiger partial charge in [-0.2, -0.15) is 5.10 Å². The minimum Gasteiger partial charge on any atom is -0.326 e. The van der Waals surface area contributed by atoms with Crippen molar-refractivity contribution in [3.8, 4) is 5.69 Å². The van der Waals surface area contributed by atoms with E-state index in [9.17, 15) is 9.59 Å². The van der Waals surface area contributed by atoms with E-state index in [1.54, 1.807) is 23.1 Å². The molecule has 3 aromatic rings. The molecule has 2 heterocycles. The lowest BCUT2D eigenvalue weighted by Gasteiger charge is -2.18. The summed E-state index contributed by atoms with van der Waals surface area (Å²) in [5.74, 6) is -0.0649. The van der Waals surface area contributed by atoms with Gasteiger partial charge in [-0.05, 0) is 50.6 Å². The van der Waals surface area contributed by atoms with E-state index in [-0.39, 0.29) is 18.2 Å². The molecule has 7 heteroatoms. The van der Waals surface area contributed by atoms with E-state index < -0.39 is 0 Å². The van der Waals surface area contributed by atoms with Crippen molar-refractivity contribution in [3.05, 3.63) is 70.5 Å². The first kappa shape index (κ1) is 20.2. The van der Waals surface area contributed by atoms with E-state index in [0.29, 0.717) is 29.4 Å². The Morgan fingerprint density at radius 1 is 1.17 bits per heavy atom. The maximum Gasteiger partial charge on any atom is 0.228 e. The molecule has 0 spiro atoms. The molecule has 0 atom stereocenters. The van der Waals surface area contributed by atoms with Gasteiger partial charge in [0.1, 0.15) is 0 Å². The first-order valence-corrected chi connectivity index (χ1v) is 10.3. The highest BCUT2D eigenvalue weighted by atomic mass is 35.5. The first-order valence-electron chi connectivity index (χ1n) is 9.94. The molecular formula is C23H23ClN4O2. The molecule has 1 fully saturated rings. The second-order valence-corrected chi connectivity index (χ2v) is 7.84. The van der Waals surface area contributed by atoms with Crippen molar-refractivity contribution >= 4 is 34.8 Å². The monoisotopic (exact) mass is 422 g/mol. The fourth-order valence-corrected chi connectivity index (χ4v) is 4.11. The minimum atomic E-state index is -0.144. The van der Waals surface area contributed by atoms with E-state index in [1.807, 2.05) is 48.9 Å². The average molecular weight is 423 g/mol. The third kappa shape index (κ3) is 3.96. The van der Waals surface area contributed by atoms with Gasteiger partial charge in [0.15, 0.2) is 0 Å². The fraction of sp³-hybridized carbons (Fsp3) is 0.261. The van der Waals surface area contributed by atoms with Gasteiger partial charge >= 0.3 is 0 Å². The Hall–Kier alpha value is -3.12. The first-order chi connectivity index (χ1) is 14.4. The molecule has 0 bridgehead atoms. The van der Waals surface area contributed by atoms with Crippen LogP contribution in [0.4, 0.5) is 11.4 Å². The number of nitrogens with one attached hydrogen (secondary N) is 1. The molecule has 154 valence electrons. The van der Waals surface area contributed by atoms with Crippen molar-refractivity contribution < 1.29 is 9.59 Å². The summed E-state index contributed by atoms with van der Waals surface area (Å²) in [5.41, 5.74) is 4.92. The van der Waals surface area contributed by atoms with Crippen LogP contribution in [0, 0.1) is 13.8 Å². The van der Waals surface area contributed by atoms with Crippen molar-refractivity contribution in [2.24, 2.45) is 0 Å². The van der Waals surface area contributed by atoms with Gasteiger partial charge in [0, 0.05) is 29.9 Å². The number of benzene rings is 2. The summed E-state index contributed by atoms with van der Waals surface area (Å²) in [6, 6.07) is 15.1. The van der Waals surface area contributed by atoms with Crippen molar-refractivity contribution in [3.63, 3.8) is 0 Å². The summed E-state index contributed by atoms with van der Waals surface area (Å²) < 4.78 is 1.86. The number of halogens is 1. The number of rotatable bonds is 5. The Bertz CT molecular complexity index is 1110. The van der Waals surface area contributed by atoms with Gasteiger partial charge in [-0.15, -0.1) is 0 Å². The molecule has 1 saturated heterocycles. The number of amides is 2. The highest BCUT2D eigenvalue weighted by molar-refractivity contribution is 6.34. The van der Waals surface area contributed by atoms with Gasteiger partial charge in [0.2, 0.25) is 11.8 Å². The number of para-hydroxylation sites is 1. The maximum atomic E-state index is 12.7. The molecule has 1 aliphatic heterocycles. The number of carbonyl (C=O) groups is 2. The summed E-state index contributed by atoms with van der Waals surface area (Å²) in [6.07, 6.45) is 1.60. The Kier molecular flexibility index (Phi) is 5.59. The number of aromatic nitrogens is 2. The van der Waals surface area contributed by atoms with Crippen molar-refractivity contribution in [1.82, 2.24) is 9.78 Å². The van der Waals surface area contributed by atoms with Gasteiger partial charge in [-0.3, -0.25) is 9.59 Å². The topological polar surface area (TPSA) is 67.2 Å². The maximum absolute atomic E-state index is 12.7. The number of carbonyl (C=O) groups excluding carboxylic acids is 2. The van der Waals surface area contributed by atoms with Crippen LogP contribution in [0.5, 0.6) is 0 Å². The van der Waals surface area contributed by atoms with Crippen molar-refractivity contribution in [2.75, 3.05) is 16.8 Å². The molecule has 0 unspecified atom stereocenters. The zero-order valence-electron chi connectivity index (χ0n) is 17.0. The van der Waals surface area contributed by atoms with E-state index in [4.69, 9.17) is 11.6 Å². The van der Waals surface area contributed by atoms with Crippen LogP contribution >= 0.6 is 11.6 Å². The summed E-state index contributed by atoms with van der Waals surface area (Å²) in [4.78, 5) is 26.3. The second kappa shape index (κ2) is 8.32. The molecule has 0 saturated carbocycles. The predicted octanol–water partition coefficient (Wildman–Crippen LogP) is 4.45. The summed E-state index contributed by atoms with van der Waals surface area (Å²) >= 11 is 6.38. The van der Waals surface area contributed by atoms with Gasteiger partial charge < -0.3 is 10.2 Å². The highest BCUT2D eigenvalue weighted by Gasteiger charge is 2.24. The van der Waals surface area contributed by atoms with Gasteiger partial charge in [0.05, 0.1) is 28.5 Å². The van der Waals surface area contributed by atoms with E-state index in [1.165, 1.54) is 0 Å². The van der Waals surface area contributed by atoms with Crippen LogP contribution in [0.3, 0.4) is 0 Å². The molecule has 1 N–H and O–H groups in total. The normalized spacial score (nSPS) is 13.7. The lowest BCUT2D eigenvalue weighted by molar-refractivity contribution is -0.117. The predicted molar refractivity (Wildman–Crippen MR) is 118 cm³/mol. The van der Waals surface area contributed by atoms with Crippen LogP contribution in [0.1, 0.15) is 29.8 Å². The number of anilines is 2. The smallest absolute Gasteiger partial charge is 0.228 e. The molecular weight excluding hydrogens is 400 g/mol. The van der Waals surface area contributed by atoms with Crippen molar-refractivity contribution in [1.29, 1.82) is 0 Å². The molecule has 1 aromatic heterocycles. The second-order valence-electron chi connectivity index (χ2n) is 7.44. The highest BCUT2D eigenvalue weighted by Crippen LogP contribution is 2.31. The van der Waals surface area contributed by atoms with Crippen molar-refractivity contribution in [2.45, 2.75) is 33.1 Å². The van der Waals surface area contributed by atoms with Crippen LogP contribution < -0.4 is 10.2 Å². The Balaban J connectivity index is 1.48. The molecule has 0 radical (unpaired) electrons. The molecule has 4 rings (SSSR count). The molecule has 0 aliphatic carbocycles. The van der Waals surface area contributed by atoms with Gasteiger partial charge in [-0.1, -0.05) is 29.8 Å². The standard InChI is InChI=1S/C23H23ClN4O2/c1-15-19(16(2)28(26-15)18-7-4-3-5-8-18)14-22(29)25-17-10-11-21(20(24)13-17)27-12-6-9-23(27)30/h3-5,7-8,10-11,13H,6,9,12,14H2,1-2H3,(H,25,29). The Morgan fingerprint density at radius 2 is 1.93 bits per heavy atom. The largest absolute Gasteiger partial charge is 0.326 e. The zero-order valence-corrected chi connectivity index (χ0v) is 17.7. The third-order valence-electron chi connectivity index (χ3n) is 5.37. The van der Waals surface area contributed by atoms with Crippen LogP contribution in [0.2, 0.25) is 5.02 Å². The van der Waals surface area contributed by atoms with E-state index in [2.05, 4.69) is 10.4 Å². The Labute approximate surface area is 180 Å². The summed E-state index contributed by atoms with van der Waals surface area (Å²) in [6.45, 7) is 4.55. The molecule has 1 aliphatic rings. The number of hydrogen-bond donors (Lipinski definition) is 1. The number of hydrogen-bond acceptors (Lipinski definition) is 3. The minimum absolute atomic E-state index is 0.0788. The molecule has 2 aromatic carbocycles. The lowest BCUT2D eigenvalue weighted by Crippen LogP contribution is -2.24. The number of aryl methyl sites for hydroxylation is 1. The van der Waals surface area contributed by atoms with E-state index >= 15 is 0 Å². The van der Waals surface area contributed by atoms with Crippen LogP contribution in [0.25, 0.3) is 5.69 Å².